The molecule has 0 aliphatic carbocycles. The first-order valence-electron chi connectivity index (χ1n) is 5.22. The number of carbonyl (C=O) groups excluding carboxylic acids is 1. The molecule has 0 aromatic carbocycles. The molecule has 1 aromatic heterocycles. The Morgan fingerprint density at radius 1 is 1.60 bits per heavy atom. The van der Waals surface area contributed by atoms with E-state index in [2.05, 4.69) is 32.7 Å². The minimum atomic E-state index is -0.194. The first-order chi connectivity index (χ1) is 7.29. The number of H-pyrrole nitrogens is 1. The van der Waals surface area contributed by atoms with Crippen LogP contribution in [0.3, 0.4) is 0 Å². The molecule has 2 rings (SSSR count). The number of nitrogens with zero attached hydrogens (tertiary/aromatic N) is 2. The van der Waals surface area contributed by atoms with E-state index in [1.54, 1.807) is 0 Å². The molecule has 15 heavy (non-hydrogen) atoms. The van der Waals surface area contributed by atoms with Crippen LogP contribution in [0.1, 0.15) is 29.8 Å². The van der Waals surface area contributed by atoms with Crippen LogP contribution >= 0.6 is 0 Å². The second-order valence-corrected chi connectivity index (χ2v) is 3.68. The number of rotatable bonds is 4. The summed E-state index contributed by atoms with van der Waals surface area (Å²) < 4.78 is 0. The van der Waals surface area contributed by atoms with Crippen molar-refractivity contribution in [2.45, 2.75) is 25.8 Å². The van der Waals surface area contributed by atoms with Gasteiger partial charge in [-0.3, -0.25) is 9.89 Å². The van der Waals surface area contributed by atoms with E-state index in [-0.39, 0.29) is 17.8 Å². The Balaban J connectivity index is 1.92. The van der Waals surface area contributed by atoms with E-state index in [1.165, 1.54) is 0 Å². The van der Waals surface area contributed by atoms with Crippen molar-refractivity contribution in [1.82, 2.24) is 25.8 Å². The Morgan fingerprint density at radius 3 is 3.00 bits per heavy atom. The molecular formula is C9H15N5O. The second kappa shape index (κ2) is 4.39. The van der Waals surface area contributed by atoms with Crippen molar-refractivity contribution in [2.24, 2.45) is 0 Å². The van der Waals surface area contributed by atoms with Crippen LogP contribution in [-0.2, 0) is 6.42 Å². The summed E-state index contributed by atoms with van der Waals surface area (Å²) in [6.07, 6.45) is 1.81. The molecule has 1 fully saturated rings. The molecule has 1 amide bonds. The van der Waals surface area contributed by atoms with Gasteiger partial charge in [-0.1, -0.05) is 6.92 Å². The van der Waals surface area contributed by atoms with Crippen LogP contribution in [0.15, 0.2) is 0 Å². The Kier molecular flexibility index (Phi) is 2.96. The van der Waals surface area contributed by atoms with Crippen LogP contribution in [0, 0.1) is 0 Å². The molecule has 6 nitrogen and oxygen atoms in total. The molecule has 0 saturated carbocycles. The van der Waals surface area contributed by atoms with Crippen molar-refractivity contribution in [3.63, 3.8) is 0 Å². The van der Waals surface area contributed by atoms with Crippen LogP contribution in [0.2, 0.25) is 0 Å². The summed E-state index contributed by atoms with van der Waals surface area (Å²) in [4.78, 5) is 15.7. The fourth-order valence-electron chi connectivity index (χ4n) is 1.39. The molecule has 2 heterocycles. The van der Waals surface area contributed by atoms with Crippen LogP contribution in [0.25, 0.3) is 0 Å². The number of aromatic amines is 1. The van der Waals surface area contributed by atoms with E-state index >= 15 is 0 Å². The van der Waals surface area contributed by atoms with Gasteiger partial charge in [0.2, 0.25) is 5.82 Å². The quantitative estimate of drug-likeness (QED) is 0.622. The average molecular weight is 209 g/mol. The molecule has 1 aromatic rings. The summed E-state index contributed by atoms with van der Waals surface area (Å²) in [5.74, 6) is 0.819. The highest BCUT2D eigenvalue weighted by atomic mass is 16.2. The lowest BCUT2D eigenvalue weighted by molar-refractivity contribution is 0.0913. The van der Waals surface area contributed by atoms with Gasteiger partial charge in [0.25, 0.3) is 5.91 Å². The zero-order valence-electron chi connectivity index (χ0n) is 8.71. The molecule has 3 N–H and O–H groups in total. The summed E-state index contributed by atoms with van der Waals surface area (Å²) in [6, 6.07) is 0.227. The highest BCUT2D eigenvalue weighted by Crippen LogP contribution is 1.98. The maximum atomic E-state index is 11.6. The standard InChI is InChI=1S/C9H15N5O/c1-2-3-7-12-8(14-13-7)9(15)11-6-4-10-5-6/h6,10H,2-5H2,1H3,(H,11,15)(H,12,13,14). The molecule has 0 bridgehead atoms. The minimum absolute atomic E-state index is 0.194. The number of nitrogens with one attached hydrogen (secondary N) is 3. The predicted octanol–water partition coefficient (Wildman–Crippen LogP) is -0.541. The summed E-state index contributed by atoms with van der Waals surface area (Å²) in [5.41, 5.74) is 0. The van der Waals surface area contributed by atoms with Gasteiger partial charge in [0.05, 0.1) is 6.04 Å². The van der Waals surface area contributed by atoms with Crippen molar-refractivity contribution in [1.29, 1.82) is 0 Å². The Hall–Kier alpha value is -1.43. The lowest BCUT2D eigenvalue weighted by atomic mass is 10.2. The summed E-state index contributed by atoms with van der Waals surface area (Å²) in [7, 11) is 0. The first-order valence-corrected chi connectivity index (χ1v) is 5.22. The minimum Gasteiger partial charge on any atom is -0.344 e. The molecule has 0 radical (unpaired) electrons. The van der Waals surface area contributed by atoms with Gasteiger partial charge < -0.3 is 10.6 Å². The third kappa shape index (κ3) is 2.33. The van der Waals surface area contributed by atoms with Gasteiger partial charge in [-0.05, 0) is 6.42 Å². The summed E-state index contributed by atoms with van der Waals surface area (Å²) in [5, 5.41) is 12.6. The van der Waals surface area contributed by atoms with Crippen molar-refractivity contribution in [3.8, 4) is 0 Å². The van der Waals surface area contributed by atoms with Crippen LogP contribution < -0.4 is 10.6 Å². The van der Waals surface area contributed by atoms with Gasteiger partial charge in [-0.25, -0.2) is 4.98 Å². The Bertz CT molecular complexity index is 344. The molecule has 0 atom stereocenters. The van der Waals surface area contributed by atoms with Crippen LogP contribution in [-0.4, -0.2) is 40.2 Å². The zero-order valence-corrected chi connectivity index (χ0v) is 8.71. The van der Waals surface area contributed by atoms with Gasteiger partial charge >= 0.3 is 0 Å². The number of amides is 1. The van der Waals surface area contributed by atoms with E-state index in [1.807, 2.05) is 0 Å². The number of hydrogen-bond acceptors (Lipinski definition) is 4. The maximum absolute atomic E-state index is 11.6. The maximum Gasteiger partial charge on any atom is 0.291 e. The summed E-state index contributed by atoms with van der Waals surface area (Å²) >= 11 is 0. The van der Waals surface area contributed by atoms with Crippen LogP contribution in [0.5, 0.6) is 0 Å². The van der Waals surface area contributed by atoms with Gasteiger partial charge in [0, 0.05) is 19.5 Å². The molecule has 82 valence electrons. The number of aryl methyl sites for hydroxylation is 1. The SMILES string of the molecule is CCCc1nc(C(=O)NC2CNC2)n[nH]1. The van der Waals surface area contributed by atoms with E-state index in [9.17, 15) is 4.79 Å². The topological polar surface area (TPSA) is 82.7 Å². The highest BCUT2D eigenvalue weighted by molar-refractivity contribution is 5.90. The largest absolute Gasteiger partial charge is 0.344 e. The van der Waals surface area contributed by atoms with Crippen molar-refractivity contribution >= 4 is 5.91 Å². The third-order valence-electron chi connectivity index (χ3n) is 2.34. The van der Waals surface area contributed by atoms with Gasteiger partial charge in [0.15, 0.2) is 0 Å². The van der Waals surface area contributed by atoms with Gasteiger partial charge in [-0.15, -0.1) is 5.10 Å². The highest BCUT2D eigenvalue weighted by Gasteiger charge is 2.21. The second-order valence-electron chi connectivity index (χ2n) is 3.68. The van der Waals surface area contributed by atoms with E-state index < -0.39 is 0 Å². The lowest BCUT2D eigenvalue weighted by Gasteiger charge is -2.27. The molecule has 0 spiro atoms. The third-order valence-corrected chi connectivity index (χ3v) is 2.34. The van der Waals surface area contributed by atoms with Crippen molar-refractivity contribution < 1.29 is 4.79 Å². The fraction of sp³-hybridized carbons (Fsp3) is 0.667. The molecule has 1 saturated heterocycles. The van der Waals surface area contributed by atoms with Crippen LogP contribution in [0.4, 0.5) is 0 Å². The van der Waals surface area contributed by atoms with E-state index in [4.69, 9.17) is 0 Å². The molecule has 0 unspecified atom stereocenters. The summed E-state index contributed by atoms with van der Waals surface area (Å²) in [6.45, 7) is 3.72. The van der Waals surface area contributed by atoms with Gasteiger partial charge in [0.1, 0.15) is 5.82 Å². The predicted molar refractivity (Wildman–Crippen MR) is 54.5 cm³/mol. The smallest absolute Gasteiger partial charge is 0.291 e. The van der Waals surface area contributed by atoms with Crippen molar-refractivity contribution in [2.75, 3.05) is 13.1 Å². The molecule has 1 aliphatic rings. The number of carbonyl (C=O) groups is 1. The van der Waals surface area contributed by atoms with E-state index in [0.29, 0.717) is 0 Å². The number of hydrogen-bond donors (Lipinski definition) is 3. The normalized spacial score (nSPS) is 16.1. The molecular weight excluding hydrogens is 194 g/mol. The zero-order chi connectivity index (χ0) is 10.7. The fourth-order valence-corrected chi connectivity index (χ4v) is 1.39. The average Bonchev–Trinajstić information content (AvgIpc) is 2.60. The van der Waals surface area contributed by atoms with E-state index in [0.717, 1.165) is 31.8 Å². The number of aromatic nitrogens is 3. The Morgan fingerprint density at radius 2 is 2.40 bits per heavy atom. The van der Waals surface area contributed by atoms with Gasteiger partial charge in [-0.2, -0.15) is 0 Å². The lowest BCUT2D eigenvalue weighted by Crippen LogP contribution is -2.57. The first kappa shape index (κ1) is 10.1. The van der Waals surface area contributed by atoms with Crippen molar-refractivity contribution in [3.05, 3.63) is 11.6 Å². The Labute approximate surface area is 87.9 Å². The molecule has 6 heteroatoms. The monoisotopic (exact) mass is 209 g/mol. The molecule has 1 aliphatic heterocycles.